The SMILES string of the molecule is Cc1cc(C)c2c(c1)c1cc(C)cc(C)c1n2-c1ccc2c(c1)C(C)(C)c1cc(-n3c4c(C)cc(C)cc4c4cc(C)cc(C)c43)ccc1P2(=S)c1ccccc1. The zero-order valence-corrected chi connectivity index (χ0v) is 36.4. The van der Waals surface area contributed by atoms with Crippen LogP contribution in [0, 0.1) is 55.4 Å². The molecule has 1 aliphatic heterocycles. The maximum Gasteiger partial charge on any atom is 0.0570 e. The van der Waals surface area contributed by atoms with Gasteiger partial charge in [0.15, 0.2) is 0 Å². The van der Waals surface area contributed by atoms with E-state index in [1.54, 1.807) is 0 Å². The Labute approximate surface area is 341 Å². The van der Waals surface area contributed by atoms with Gasteiger partial charge in [0.2, 0.25) is 0 Å². The number of benzene rings is 7. The molecule has 0 atom stereocenters. The van der Waals surface area contributed by atoms with Crippen LogP contribution in [0.5, 0.6) is 0 Å². The Morgan fingerprint density at radius 2 is 0.754 bits per heavy atom. The van der Waals surface area contributed by atoms with Crippen molar-refractivity contribution in [1.82, 2.24) is 9.13 Å². The monoisotopic (exact) mass is 776 g/mol. The molecule has 0 aliphatic carbocycles. The number of hydrogen-bond acceptors (Lipinski definition) is 1. The Bertz CT molecular complexity index is 2940. The topological polar surface area (TPSA) is 9.86 Å². The summed E-state index contributed by atoms with van der Waals surface area (Å²) in [4.78, 5) is 0. The minimum Gasteiger partial charge on any atom is -0.309 e. The lowest BCUT2D eigenvalue weighted by atomic mass is 9.77. The van der Waals surface area contributed by atoms with Crippen molar-refractivity contribution in [1.29, 1.82) is 0 Å². The van der Waals surface area contributed by atoms with E-state index in [2.05, 4.69) is 194 Å². The van der Waals surface area contributed by atoms with E-state index >= 15 is 0 Å². The molecule has 0 saturated heterocycles. The summed E-state index contributed by atoms with van der Waals surface area (Å²) in [5.41, 5.74) is 20.2. The van der Waals surface area contributed by atoms with Crippen molar-refractivity contribution in [2.45, 2.75) is 74.7 Å². The summed E-state index contributed by atoms with van der Waals surface area (Å²) in [5.74, 6) is 0. The highest BCUT2D eigenvalue weighted by molar-refractivity contribution is 8.25. The Kier molecular flexibility index (Phi) is 7.86. The molecule has 7 aromatic carbocycles. The smallest absolute Gasteiger partial charge is 0.0570 e. The molecule has 282 valence electrons. The van der Waals surface area contributed by atoms with Crippen molar-refractivity contribution in [3.63, 3.8) is 0 Å². The van der Waals surface area contributed by atoms with E-state index in [-0.39, 0.29) is 5.41 Å². The van der Waals surface area contributed by atoms with Gasteiger partial charge in [-0.15, -0.1) is 0 Å². The second kappa shape index (κ2) is 12.4. The highest BCUT2D eigenvalue weighted by Gasteiger charge is 2.42. The van der Waals surface area contributed by atoms with Crippen LogP contribution in [0.2, 0.25) is 0 Å². The minimum absolute atomic E-state index is 0.334. The van der Waals surface area contributed by atoms with Crippen LogP contribution in [0.1, 0.15) is 69.5 Å². The molecule has 3 heterocycles. The van der Waals surface area contributed by atoms with Crippen LogP contribution >= 0.6 is 6.04 Å². The summed E-state index contributed by atoms with van der Waals surface area (Å²) in [6, 6.07) is 41.8. The molecule has 4 heteroatoms. The van der Waals surface area contributed by atoms with Crippen LogP contribution in [0.15, 0.2) is 115 Å². The van der Waals surface area contributed by atoms with Gasteiger partial charge in [0.05, 0.1) is 22.1 Å². The fourth-order valence-electron chi connectivity index (χ4n) is 10.7. The fraction of sp³-hybridized carbons (Fsp3) is 0.208. The molecule has 10 rings (SSSR count). The first kappa shape index (κ1) is 36.2. The molecule has 2 aromatic heterocycles. The minimum atomic E-state index is -2.46. The third-order valence-electron chi connectivity index (χ3n) is 12.9. The van der Waals surface area contributed by atoms with Crippen LogP contribution in [0.3, 0.4) is 0 Å². The van der Waals surface area contributed by atoms with E-state index in [1.165, 1.54) is 127 Å². The second-order valence-corrected chi connectivity index (χ2v) is 21.9. The number of rotatable bonds is 3. The predicted octanol–water partition coefficient (Wildman–Crippen LogP) is 12.7. The van der Waals surface area contributed by atoms with E-state index in [0.717, 1.165) is 0 Å². The lowest BCUT2D eigenvalue weighted by molar-refractivity contribution is 0.646. The summed E-state index contributed by atoms with van der Waals surface area (Å²) in [7, 11) is 0. The van der Waals surface area contributed by atoms with Crippen molar-refractivity contribution in [2.75, 3.05) is 0 Å². The normalized spacial score (nSPS) is 14.5. The van der Waals surface area contributed by atoms with Crippen LogP contribution in [-0.4, -0.2) is 9.13 Å². The van der Waals surface area contributed by atoms with E-state index in [1.807, 2.05) is 0 Å². The summed E-state index contributed by atoms with van der Waals surface area (Å²) in [6.07, 6.45) is 0. The summed E-state index contributed by atoms with van der Waals surface area (Å²) < 4.78 is 5.08. The first-order valence-corrected chi connectivity index (χ1v) is 23.0. The maximum absolute atomic E-state index is 7.16. The van der Waals surface area contributed by atoms with E-state index < -0.39 is 6.04 Å². The first-order valence-electron chi connectivity index (χ1n) is 20.2. The van der Waals surface area contributed by atoms with Gasteiger partial charge in [-0.25, -0.2) is 0 Å². The number of fused-ring (bicyclic) bond motifs is 8. The third-order valence-corrected chi connectivity index (χ3v) is 17.9. The number of hydrogen-bond donors (Lipinski definition) is 0. The number of nitrogens with zero attached hydrogens (tertiary/aromatic N) is 2. The highest BCUT2D eigenvalue weighted by Crippen LogP contribution is 2.54. The molecule has 2 nitrogen and oxygen atoms in total. The van der Waals surface area contributed by atoms with Gasteiger partial charge in [0, 0.05) is 44.4 Å². The molecule has 57 heavy (non-hydrogen) atoms. The van der Waals surface area contributed by atoms with Gasteiger partial charge in [0.25, 0.3) is 0 Å². The van der Waals surface area contributed by atoms with Crippen LogP contribution in [-0.2, 0) is 17.2 Å². The van der Waals surface area contributed by atoms with Crippen LogP contribution < -0.4 is 15.9 Å². The molecule has 0 saturated carbocycles. The lowest BCUT2D eigenvalue weighted by Crippen LogP contribution is -2.42. The number of aromatic nitrogens is 2. The van der Waals surface area contributed by atoms with Gasteiger partial charge in [-0.2, -0.15) is 0 Å². The van der Waals surface area contributed by atoms with Crippen molar-refractivity contribution in [3.05, 3.63) is 171 Å². The quantitative estimate of drug-likeness (QED) is 0.163. The molecule has 0 fully saturated rings. The van der Waals surface area contributed by atoms with Gasteiger partial charge in [-0.05, 0) is 153 Å². The summed E-state index contributed by atoms with van der Waals surface area (Å²) in [6.45, 7) is 22.8. The molecule has 0 spiro atoms. The van der Waals surface area contributed by atoms with Gasteiger partial charge in [-0.1, -0.05) is 115 Å². The summed E-state index contributed by atoms with van der Waals surface area (Å²) >= 11 is 7.16. The molecule has 0 amide bonds. The van der Waals surface area contributed by atoms with Crippen molar-refractivity contribution < 1.29 is 0 Å². The zero-order chi connectivity index (χ0) is 39.9. The lowest BCUT2D eigenvalue weighted by Gasteiger charge is -2.42. The fourth-order valence-corrected chi connectivity index (χ4v) is 15.3. The predicted molar refractivity (Wildman–Crippen MR) is 251 cm³/mol. The highest BCUT2D eigenvalue weighted by atomic mass is 32.4. The van der Waals surface area contributed by atoms with Crippen LogP contribution in [0.25, 0.3) is 55.0 Å². The molecule has 0 unspecified atom stereocenters. The van der Waals surface area contributed by atoms with Crippen LogP contribution in [0.4, 0.5) is 0 Å². The molecule has 0 bridgehead atoms. The average molecular weight is 777 g/mol. The molecular weight excluding hydrogens is 728 g/mol. The Balaban J connectivity index is 1.29. The van der Waals surface area contributed by atoms with E-state index in [4.69, 9.17) is 11.8 Å². The van der Waals surface area contributed by atoms with E-state index in [0.29, 0.717) is 0 Å². The zero-order valence-electron chi connectivity index (χ0n) is 34.7. The average Bonchev–Trinajstić information content (AvgIpc) is 3.67. The van der Waals surface area contributed by atoms with Gasteiger partial charge in [0.1, 0.15) is 0 Å². The first-order chi connectivity index (χ1) is 27.2. The van der Waals surface area contributed by atoms with Gasteiger partial charge >= 0.3 is 0 Å². The molecule has 0 radical (unpaired) electrons. The molecule has 1 aliphatic rings. The van der Waals surface area contributed by atoms with Gasteiger partial charge < -0.3 is 9.13 Å². The Morgan fingerprint density at radius 3 is 1.09 bits per heavy atom. The number of aryl methyl sites for hydroxylation is 8. The molecular formula is C53H49N2PS. The largest absolute Gasteiger partial charge is 0.309 e. The van der Waals surface area contributed by atoms with Gasteiger partial charge in [-0.3, -0.25) is 0 Å². The second-order valence-electron chi connectivity index (χ2n) is 17.6. The standard InChI is InChI=1S/C53H49N2PS/c1-30-20-34(5)49-41(24-30)42-25-31(2)21-35(6)50(42)54(49)38-16-18-47-45(28-38)53(9,10)46-29-39(17-19-48(46)56(47,57)40-14-12-11-13-15-40)55-51-36(7)22-32(3)26-43(51)44-27-33(4)23-37(8)52(44)55/h11-29H,1-10H3. The maximum atomic E-state index is 7.16. The molecule has 0 N–H and O–H groups in total. The molecule has 9 aromatic rings. The summed E-state index contributed by atoms with van der Waals surface area (Å²) in [5, 5.41) is 9.11. The Hall–Kier alpha value is -5.21. The van der Waals surface area contributed by atoms with Crippen molar-refractivity contribution in [2.24, 2.45) is 0 Å². The third kappa shape index (κ3) is 5.05. The Morgan fingerprint density at radius 1 is 0.421 bits per heavy atom. The van der Waals surface area contributed by atoms with Crippen molar-refractivity contribution >= 4 is 77.4 Å². The van der Waals surface area contributed by atoms with E-state index in [9.17, 15) is 0 Å². The van der Waals surface area contributed by atoms with Crippen molar-refractivity contribution in [3.8, 4) is 11.4 Å².